The minimum atomic E-state index is -0.908. The summed E-state index contributed by atoms with van der Waals surface area (Å²) in [5.74, 6) is -0.908. The fourth-order valence-corrected chi connectivity index (χ4v) is 1.11. The van der Waals surface area contributed by atoms with Crippen LogP contribution in [0.5, 0.6) is 0 Å². The fourth-order valence-electron chi connectivity index (χ4n) is 1.11. The Bertz CT molecular complexity index is 540. The zero-order valence-corrected chi connectivity index (χ0v) is 8.64. The molecule has 2 N–H and O–H groups in total. The number of hydrogen-bond donors (Lipinski definition) is 2. The van der Waals surface area contributed by atoms with Crippen molar-refractivity contribution in [3.05, 3.63) is 38.4 Å². The number of non-ortho nitro benzene ring substituents is 1. The Morgan fingerprint density at radius 2 is 2.00 bits per heavy atom. The predicted molar refractivity (Wildman–Crippen MR) is 58.7 cm³/mol. The van der Waals surface area contributed by atoms with Crippen LogP contribution in [0.25, 0.3) is 0 Å². The molecule has 0 bridgehead atoms. The summed E-state index contributed by atoms with van der Waals surface area (Å²) < 4.78 is 0. The number of nitro groups is 2. The maximum Gasteiger partial charge on any atom is 0.299 e. The molecule has 0 aliphatic rings. The molecule has 0 unspecified atom stereocenters. The fraction of sp³-hybridized carbons (Fsp3) is 0. The lowest BCUT2D eigenvalue weighted by molar-refractivity contribution is -0.393. The van der Waals surface area contributed by atoms with Gasteiger partial charge in [-0.2, -0.15) is 0 Å². The lowest BCUT2D eigenvalue weighted by Gasteiger charge is -2.02. The smallest absolute Gasteiger partial charge is 0.299 e. The molecule has 0 atom stereocenters. The molecule has 1 aromatic rings. The molecule has 1 aromatic carbocycles. The van der Waals surface area contributed by atoms with E-state index >= 15 is 0 Å². The lowest BCUT2D eigenvalue weighted by atomic mass is 10.2. The van der Waals surface area contributed by atoms with Crippen LogP contribution < -0.4 is 5.32 Å². The predicted octanol–water partition coefficient (Wildman–Crippen LogP) is 0.901. The molecule has 10 heteroatoms. The summed E-state index contributed by atoms with van der Waals surface area (Å²) in [6.45, 7) is 0. The summed E-state index contributed by atoms with van der Waals surface area (Å²) >= 11 is 0. The first-order valence-electron chi connectivity index (χ1n) is 4.37. The highest BCUT2D eigenvalue weighted by molar-refractivity contribution is 6.31. The number of nitrogens with zero attached hydrogens (tertiary/aromatic N) is 3. The molecule has 94 valence electrons. The maximum absolute atomic E-state index is 11.0. The van der Waals surface area contributed by atoms with Gasteiger partial charge >= 0.3 is 0 Å². The molecule has 0 aliphatic carbocycles. The van der Waals surface area contributed by atoms with E-state index in [1.165, 1.54) is 0 Å². The van der Waals surface area contributed by atoms with E-state index in [1.54, 1.807) is 0 Å². The Hall–Kier alpha value is -3.04. The molecule has 0 aromatic heterocycles. The Labute approximate surface area is 98.8 Å². The van der Waals surface area contributed by atoms with Crippen LogP contribution in [0.1, 0.15) is 0 Å². The summed E-state index contributed by atoms with van der Waals surface area (Å²) in [4.78, 5) is 30.5. The molecule has 18 heavy (non-hydrogen) atoms. The number of oxime groups is 1. The van der Waals surface area contributed by atoms with Crippen molar-refractivity contribution in [2.75, 3.05) is 5.32 Å². The number of nitro benzene ring substituents is 2. The lowest BCUT2D eigenvalue weighted by Crippen LogP contribution is -2.13. The van der Waals surface area contributed by atoms with Gasteiger partial charge in [-0.3, -0.25) is 25.0 Å². The number of nitrogens with one attached hydrogen (secondary N) is 1. The van der Waals surface area contributed by atoms with Crippen LogP contribution in [0.2, 0.25) is 0 Å². The molecule has 0 heterocycles. The van der Waals surface area contributed by atoms with E-state index in [4.69, 9.17) is 5.21 Å². The monoisotopic (exact) mass is 254 g/mol. The second-order valence-corrected chi connectivity index (χ2v) is 2.95. The number of hydrogen-bond acceptors (Lipinski definition) is 7. The standard InChI is InChI=1S/C8H6N4O6/c13-8(4-9-14)10-6-2-1-5(11(15)16)3-7(6)12(17)18/h1-4,14H,(H,10,13). The van der Waals surface area contributed by atoms with Crippen LogP contribution in [0.4, 0.5) is 17.1 Å². The topological polar surface area (TPSA) is 148 Å². The summed E-state index contributed by atoms with van der Waals surface area (Å²) in [5.41, 5.74) is -1.35. The second-order valence-electron chi connectivity index (χ2n) is 2.95. The number of carbonyl (C=O) groups excluding carboxylic acids is 1. The van der Waals surface area contributed by atoms with Gasteiger partial charge in [0.1, 0.15) is 11.9 Å². The van der Waals surface area contributed by atoms with Crippen molar-refractivity contribution in [3.63, 3.8) is 0 Å². The molecule has 0 aliphatic heterocycles. The quantitative estimate of drug-likeness (QED) is 0.353. The zero-order valence-electron chi connectivity index (χ0n) is 8.64. The van der Waals surface area contributed by atoms with Crippen LogP contribution in [-0.2, 0) is 4.79 Å². The molecule has 0 spiro atoms. The minimum Gasteiger partial charge on any atom is -0.411 e. The van der Waals surface area contributed by atoms with Gasteiger partial charge in [0.25, 0.3) is 17.3 Å². The average molecular weight is 254 g/mol. The van der Waals surface area contributed by atoms with Gasteiger partial charge in [0, 0.05) is 6.07 Å². The molecule has 0 saturated heterocycles. The van der Waals surface area contributed by atoms with E-state index in [9.17, 15) is 25.0 Å². The van der Waals surface area contributed by atoms with Crippen molar-refractivity contribution < 1.29 is 19.8 Å². The summed E-state index contributed by atoms with van der Waals surface area (Å²) in [7, 11) is 0. The molecule has 1 amide bonds. The molecule has 0 radical (unpaired) electrons. The van der Waals surface area contributed by atoms with Gasteiger partial charge in [0.15, 0.2) is 0 Å². The highest BCUT2D eigenvalue weighted by Gasteiger charge is 2.20. The Balaban J connectivity index is 3.15. The first-order valence-corrected chi connectivity index (χ1v) is 4.37. The van der Waals surface area contributed by atoms with Crippen molar-refractivity contribution in [3.8, 4) is 0 Å². The Morgan fingerprint density at radius 3 is 2.50 bits per heavy atom. The van der Waals surface area contributed by atoms with E-state index in [2.05, 4.69) is 5.16 Å². The molecule has 10 nitrogen and oxygen atoms in total. The van der Waals surface area contributed by atoms with E-state index < -0.39 is 27.1 Å². The van der Waals surface area contributed by atoms with Gasteiger partial charge in [0.2, 0.25) is 0 Å². The minimum absolute atomic E-state index is 0.240. The molecular weight excluding hydrogens is 248 g/mol. The van der Waals surface area contributed by atoms with Gasteiger partial charge in [-0.05, 0) is 6.07 Å². The highest BCUT2D eigenvalue weighted by atomic mass is 16.6. The SMILES string of the molecule is O=C(C=NO)Nc1ccc([N+](=O)[O-])cc1[N+](=O)[O-]. The molecular formula is C8H6N4O6. The summed E-state index contributed by atoms with van der Waals surface area (Å²) in [6.07, 6.45) is 0.491. The number of amides is 1. The second kappa shape index (κ2) is 5.34. The van der Waals surface area contributed by atoms with Crippen molar-refractivity contribution in [2.24, 2.45) is 5.16 Å². The number of anilines is 1. The van der Waals surface area contributed by atoms with Gasteiger partial charge in [-0.1, -0.05) is 5.16 Å². The maximum atomic E-state index is 11.0. The molecule has 1 rings (SSSR count). The van der Waals surface area contributed by atoms with Crippen LogP contribution >= 0.6 is 0 Å². The Morgan fingerprint density at radius 1 is 1.33 bits per heavy atom. The Kier molecular flexibility index (Phi) is 3.86. The number of benzene rings is 1. The van der Waals surface area contributed by atoms with Crippen molar-refractivity contribution in [1.29, 1.82) is 0 Å². The van der Waals surface area contributed by atoms with Crippen LogP contribution in [0.15, 0.2) is 23.4 Å². The molecule has 0 saturated carbocycles. The van der Waals surface area contributed by atoms with Crippen LogP contribution in [0.3, 0.4) is 0 Å². The first kappa shape index (κ1) is 13.0. The van der Waals surface area contributed by atoms with Gasteiger partial charge in [0.05, 0.1) is 15.9 Å². The number of rotatable bonds is 4. The molecule has 0 fully saturated rings. The number of carbonyl (C=O) groups is 1. The van der Waals surface area contributed by atoms with Crippen LogP contribution in [-0.4, -0.2) is 27.2 Å². The van der Waals surface area contributed by atoms with Gasteiger partial charge in [-0.15, -0.1) is 0 Å². The van der Waals surface area contributed by atoms with Gasteiger partial charge < -0.3 is 10.5 Å². The van der Waals surface area contributed by atoms with Gasteiger partial charge in [-0.25, -0.2) is 0 Å². The average Bonchev–Trinajstić information content (AvgIpc) is 2.29. The first-order chi connectivity index (χ1) is 8.45. The van der Waals surface area contributed by atoms with Crippen LogP contribution in [0, 0.1) is 20.2 Å². The third kappa shape index (κ3) is 2.98. The van der Waals surface area contributed by atoms with Crippen molar-refractivity contribution in [1.82, 2.24) is 0 Å². The van der Waals surface area contributed by atoms with E-state index in [-0.39, 0.29) is 5.69 Å². The zero-order chi connectivity index (χ0) is 13.7. The third-order valence-electron chi connectivity index (χ3n) is 1.82. The summed E-state index contributed by atoms with van der Waals surface area (Å²) in [6, 6.07) is 2.73. The van der Waals surface area contributed by atoms with Crippen molar-refractivity contribution in [2.45, 2.75) is 0 Å². The largest absolute Gasteiger partial charge is 0.411 e. The van der Waals surface area contributed by atoms with E-state index in [0.717, 1.165) is 12.1 Å². The van der Waals surface area contributed by atoms with Crippen molar-refractivity contribution >= 4 is 29.2 Å². The third-order valence-corrected chi connectivity index (χ3v) is 1.82. The van der Waals surface area contributed by atoms with E-state index in [1.807, 2.05) is 5.32 Å². The highest BCUT2D eigenvalue weighted by Crippen LogP contribution is 2.28. The van der Waals surface area contributed by atoms with E-state index in [0.29, 0.717) is 12.3 Å². The summed E-state index contributed by atoms with van der Waals surface area (Å²) in [5, 5.41) is 33.7. The normalized spacial score (nSPS) is 10.2.